The summed E-state index contributed by atoms with van der Waals surface area (Å²) in [6.07, 6.45) is 2.03. The second-order valence-corrected chi connectivity index (χ2v) is 8.63. The van der Waals surface area contributed by atoms with Crippen LogP contribution in [0.3, 0.4) is 0 Å². The number of phenolic OH excluding ortho intramolecular Hbond substituents is 1. The van der Waals surface area contributed by atoms with Crippen molar-refractivity contribution in [3.8, 4) is 11.5 Å². The summed E-state index contributed by atoms with van der Waals surface area (Å²) in [5.41, 5.74) is 0.985. The van der Waals surface area contributed by atoms with Crippen LogP contribution >= 0.6 is 0 Å². The first-order valence-corrected chi connectivity index (χ1v) is 10.6. The van der Waals surface area contributed by atoms with Gasteiger partial charge in [0.25, 0.3) is 23.6 Å². The first-order chi connectivity index (χ1) is 15.3. The van der Waals surface area contributed by atoms with Gasteiger partial charge >= 0.3 is 0 Å². The molecule has 2 aliphatic heterocycles. The van der Waals surface area contributed by atoms with Crippen LogP contribution in [0.25, 0.3) is 0 Å². The van der Waals surface area contributed by atoms with Gasteiger partial charge in [0.15, 0.2) is 11.5 Å². The van der Waals surface area contributed by atoms with Crippen molar-refractivity contribution >= 4 is 23.6 Å². The summed E-state index contributed by atoms with van der Waals surface area (Å²) in [6.45, 7) is 2.06. The predicted molar refractivity (Wildman–Crippen MR) is 104 cm³/mol. The van der Waals surface area contributed by atoms with Crippen molar-refractivity contribution in [3.05, 3.63) is 35.4 Å². The second kappa shape index (κ2) is 7.14. The molecule has 0 unspecified atom stereocenters. The second-order valence-electron chi connectivity index (χ2n) is 8.63. The van der Waals surface area contributed by atoms with Crippen LogP contribution < -0.4 is 4.74 Å². The van der Waals surface area contributed by atoms with Crippen LogP contribution in [0, 0.1) is 29.6 Å². The van der Waals surface area contributed by atoms with E-state index >= 15 is 0 Å². The molecule has 1 aromatic carbocycles. The molecule has 1 saturated carbocycles. The molecule has 0 spiro atoms. The number of para-hydroxylation sites is 1. The highest BCUT2D eigenvalue weighted by atomic mass is 16.5. The van der Waals surface area contributed by atoms with Crippen LogP contribution in [0.5, 0.6) is 11.5 Å². The van der Waals surface area contributed by atoms with Crippen molar-refractivity contribution in [3.63, 3.8) is 0 Å². The smallest absolute Gasteiger partial charge is 0.258 e. The van der Waals surface area contributed by atoms with Crippen LogP contribution in [-0.4, -0.2) is 55.9 Å². The Bertz CT molecular complexity index is 1080. The first-order valence-electron chi connectivity index (χ1n) is 10.6. The molecule has 2 saturated heterocycles. The lowest BCUT2D eigenvalue weighted by molar-refractivity contribution is -0.174. The van der Waals surface area contributed by atoms with Crippen LogP contribution in [0.4, 0.5) is 0 Å². The Labute approximate surface area is 182 Å². The topological polar surface area (TPSA) is 145 Å². The number of rotatable bonds is 3. The predicted octanol–water partition coefficient (Wildman–Crippen LogP) is 1.21. The maximum atomic E-state index is 12.9. The number of amides is 4. The van der Waals surface area contributed by atoms with Gasteiger partial charge in [-0.25, -0.2) is 0 Å². The largest absolute Gasteiger partial charge is 0.504 e. The van der Waals surface area contributed by atoms with Crippen molar-refractivity contribution < 1.29 is 39.4 Å². The summed E-state index contributed by atoms with van der Waals surface area (Å²) in [5, 5.41) is 31.2. The minimum absolute atomic E-state index is 0.0779. The molecule has 6 atom stereocenters. The van der Waals surface area contributed by atoms with Gasteiger partial charge in [-0.2, -0.15) is 10.1 Å². The molecule has 4 amide bonds. The third kappa shape index (κ3) is 2.59. The van der Waals surface area contributed by atoms with E-state index in [4.69, 9.17) is 4.74 Å². The van der Waals surface area contributed by atoms with Gasteiger partial charge in [-0.05, 0) is 31.7 Å². The molecule has 10 nitrogen and oxygen atoms in total. The monoisotopic (exact) mass is 442 g/mol. The highest BCUT2D eigenvalue weighted by Gasteiger charge is 2.62. The van der Waals surface area contributed by atoms with E-state index in [1.165, 1.54) is 0 Å². The van der Waals surface area contributed by atoms with Crippen LogP contribution in [0.2, 0.25) is 0 Å². The molecule has 1 aromatic rings. The molecule has 3 fully saturated rings. The summed E-state index contributed by atoms with van der Waals surface area (Å²) >= 11 is 0. The lowest BCUT2D eigenvalue weighted by Gasteiger charge is -2.43. The number of fused-ring (bicyclic) bond motifs is 4. The van der Waals surface area contributed by atoms with Gasteiger partial charge in [0.2, 0.25) is 0 Å². The van der Waals surface area contributed by atoms with Crippen LogP contribution in [0.15, 0.2) is 29.8 Å². The zero-order chi connectivity index (χ0) is 22.9. The highest BCUT2D eigenvalue weighted by molar-refractivity contribution is 6.06. The van der Waals surface area contributed by atoms with E-state index in [-0.39, 0.29) is 34.5 Å². The van der Waals surface area contributed by atoms with Gasteiger partial charge in [0.05, 0.1) is 30.3 Å². The fraction of sp³-hybridized carbons (Fsp3) is 0.455. The van der Waals surface area contributed by atoms with E-state index < -0.39 is 59.1 Å². The Morgan fingerprint density at radius 3 is 2.28 bits per heavy atom. The van der Waals surface area contributed by atoms with E-state index in [1.807, 2.05) is 0 Å². The maximum absolute atomic E-state index is 12.9. The number of ether oxygens (including phenoxy) is 1. The zero-order valence-electron chi connectivity index (χ0n) is 17.2. The van der Waals surface area contributed by atoms with Gasteiger partial charge in [-0.3, -0.25) is 29.6 Å². The van der Waals surface area contributed by atoms with Crippen molar-refractivity contribution in [1.82, 2.24) is 10.1 Å². The molecule has 10 heteroatoms. The maximum Gasteiger partial charge on any atom is 0.258 e. The minimum atomic E-state index is -0.966. The van der Waals surface area contributed by atoms with Gasteiger partial charge < -0.3 is 9.84 Å². The lowest BCUT2D eigenvalue weighted by Crippen LogP contribution is -2.43. The SMILES string of the molecule is CCOc1cccc([C@H]2C3=CC[C@@H]4C(=O)N(O)C(=O)[C@@H]4[C@@H]3C[C@H]3C(=O)N(O)C(=O)[C@@H]23)c1O. The van der Waals surface area contributed by atoms with E-state index in [0.717, 1.165) is 0 Å². The lowest BCUT2D eigenvalue weighted by atomic mass is 9.57. The Morgan fingerprint density at radius 2 is 1.59 bits per heavy atom. The number of aromatic hydroxyl groups is 1. The highest BCUT2D eigenvalue weighted by Crippen LogP contribution is 2.59. The number of hydrogen-bond acceptors (Lipinski definition) is 8. The molecular formula is C22H22N2O8. The molecule has 0 radical (unpaired) electrons. The molecule has 4 aliphatic rings. The Balaban J connectivity index is 1.68. The van der Waals surface area contributed by atoms with Gasteiger partial charge in [-0.15, -0.1) is 0 Å². The standard InChI is InChI=1S/C22H22N2O8/c1-2-32-14-5-3-4-10(18(14)25)15-9-6-7-11-16(21(28)23(30)19(11)26)12(9)8-13-17(15)22(29)24(31)20(13)27/h3-6,11-13,15-17,25,30-31H,2,7-8H2,1H3/t11-,12+,13+,15+,16-,17+/m0/s1. The average Bonchev–Trinajstić information content (AvgIpc) is 3.14. The molecule has 168 valence electrons. The third-order valence-electron chi connectivity index (χ3n) is 7.27. The third-order valence-corrected chi connectivity index (χ3v) is 7.27. The summed E-state index contributed by atoms with van der Waals surface area (Å²) < 4.78 is 5.48. The number of imide groups is 2. The van der Waals surface area contributed by atoms with Crippen molar-refractivity contribution in [2.75, 3.05) is 6.61 Å². The van der Waals surface area contributed by atoms with Crippen molar-refractivity contribution in [2.24, 2.45) is 29.6 Å². The van der Waals surface area contributed by atoms with E-state index in [1.54, 1.807) is 31.2 Å². The van der Waals surface area contributed by atoms with Crippen molar-refractivity contribution in [1.29, 1.82) is 0 Å². The number of allylic oxidation sites excluding steroid dienone is 2. The number of carbonyl (C=O) groups excluding carboxylic acids is 4. The fourth-order valence-electron chi connectivity index (χ4n) is 5.97. The summed E-state index contributed by atoms with van der Waals surface area (Å²) in [5.74, 6) is -7.87. The molecule has 0 bridgehead atoms. The van der Waals surface area contributed by atoms with Crippen LogP contribution in [0.1, 0.15) is 31.2 Å². The quantitative estimate of drug-likeness (QED) is 0.360. The number of carbonyl (C=O) groups is 4. The number of phenols is 1. The molecule has 3 N–H and O–H groups in total. The number of benzene rings is 1. The molecule has 2 aliphatic carbocycles. The summed E-state index contributed by atoms with van der Waals surface area (Å²) in [7, 11) is 0. The first kappa shape index (κ1) is 20.7. The Kier molecular flexibility index (Phi) is 4.61. The van der Waals surface area contributed by atoms with Crippen LogP contribution in [-0.2, 0) is 19.2 Å². The molecule has 0 aromatic heterocycles. The van der Waals surface area contributed by atoms with Gasteiger partial charge in [0, 0.05) is 11.5 Å². The van der Waals surface area contributed by atoms with E-state index in [0.29, 0.717) is 17.7 Å². The van der Waals surface area contributed by atoms with E-state index in [9.17, 15) is 34.7 Å². The number of hydroxylamine groups is 4. The molecular weight excluding hydrogens is 420 g/mol. The van der Waals surface area contributed by atoms with Gasteiger partial charge in [0.1, 0.15) is 0 Å². The Hall–Kier alpha value is -3.24. The number of hydrogen-bond donors (Lipinski definition) is 3. The summed E-state index contributed by atoms with van der Waals surface area (Å²) in [4.78, 5) is 50.6. The van der Waals surface area contributed by atoms with Crippen molar-refractivity contribution in [2.45, 2.75) is 25.7 Å². The zero-order valence-corrected chi connectivity index (χ0v) is 17.2. The minimum Gasteiger partial charge on any atom is -0.504 e. The fourth-order valence-corrected chi connectivity index (χ4v) is 5.97. The Morgan fingerprint density at radius 1 is 0.938 bits per heavy atom. The molecule has 2 heterocycles. The van der Waals surface area contributed by atoms with Gasteiger partial charge in [-0.1, -0.05) is 23.8 Å². The molecule has 32 heavy (non-hydrogen) atoms. The normalized spacial score (nSPS) is 33.8. The summed E-state index contributed by atoms with van der Waals surface area (Å²) in [6, 6.07) is 4.85. The average molecular weight is 442 g/mol. The van der Waals surface area contributed by atoms with E-state index in [2.05, 4.69) is 0 Å². The number of nitrogens with zero attached hydrogens (tertiary/aromatic N) is 2. The molecule has 5 rings (SSSR count).